The second kappa shape index (κ2) is 14.8. The summed E-state index contributed by atoms with van der Waals surface area (Å²) in [6, 6.07) is 13.7. The lowest BCUT2D eigenvalue weighted by atomic mass is 9.93. The molecule has 1 unspecified atom stereocenters. The average molecular weight is 604 g/mol. The lowest BCUT2D eigenvalue weighted by Crippen LogP contribution is -2.46. The summed E-state index contributed by atoms with van der Waals surface area (Å²) in [6.07, 6.45) is 3.44. The Morgan fingerprint density at radius 3 is 2.32 bits per heavy atom. The number of carbonyl (C=O) groups is 4. The Balaban J connectivity index is 1.75. The molecule has 11 heteroatoms. The van der Waals surface area contributed by atoms with Crippen molar-refractivity contribution < 1.29 is 29.4 Å². The average Bonchev–Trinajstić information content (AvgIpc) is 3.40. The number of hydrogen-bond donors (Lipinski definition) is 3. The van der Waals surface area contributed by atoms with Crippen molar-refractivity contribution >= 4 is 29.4 Å². The summed E-state index contributed by atoms with van der Waals surface area (Å²) in [5.74, 6) is -2.57. The number of nitrogens with one attached hydrogen (secondary N) is 1. The van der Waals surface area contributed by atoms with Gasteiger partial charge in [-0.2, -0.15) is 5.10 Å². The van der Waals surface area contributed by atoms with Gasteiger partial charge in [-0.25, -0.2) is 4.68 Å². The van der Waals surface area contributed by atoms with Crippen LogP contribution in [-0.4, -0.2) is 79.2 Å². The number of rotatable bonds is 13. The molecular weight excluding hydrogens is 562 g/mol. The van der Waals surface area contributed by atoms with Crippen LogP contribution in [-0.2, 0) is 22.6 Å². The van der Waals surface area contributed by atoms with Crippen molar-refractivity contribution in [1.29, 1.82) is 0 Å². The van der Waals surface area contributed by atoms with Crippen molar-refractivity contribution in [2.45, 2.75) is 71.9 Å². The van der Waals surface area contributed by atoms with Gasteiger partial charge in [-0.1, -0.05) is 51.0 Å². The van der Waals surface area contributed by atoms with E-state index in [4.69, 9.17) is 5.11 Å². The normalized spacial score (nSPS) is 14.2. The summed E-state index contributed by atoms with van der Waals surface area (Å²) in [5.41, 5.74) is 3.77. The smallest absolute Gasteiger partial charge is 0.312 e. The molecule has 44 heavy (non-hydrogen) atoms. The number of carboxylic acids is 1. The van der Waals surface area contributed by atoms with Crippen LogP contribution in [0.2, 0.25) is 0 Å². The fourth-order valence-electron chi connectivity index (χ4n) is 5.45. The molecule has 3 aromatic rings. The fraction of sp³-hybridized carbons (Fsp3) is 0.424. The van der Waals surface area contributed by atoms with Gasteiger partial charge in [0.15, 0.2) is 5.69 Å². The maximum absolute atomic E-state index is 14.3. The molecule has 3 N–H and O–H groups in total. The Hall–Kier alpha value is -4.51. The number of hydrogen-bond acceptors (Lipinski definition) is 6. The van der Waals surface area contributed by atoms with Gasteiger partial charge < -0.3 is 25.3 Å². The predicted molar refractivity (Wildman–Crippen MR) is 166 cm³/mol. The zero-order chi connectivity index (χ0) is 31.8. The van der Waals surface area contributed by atoms with Gasteiger partial charge in [-0.3, -0.25) is 19.2 Å². The number of aliphatic hydroxyl groups excluding tert-OH is 1. The summed E-state index contributed by atoms with van der Waals surface area (Å²) in [5, 5.41) is 26.5. The van der Waals surface area contributed by atoms with Crippen LogP contribution >= 0.6 is 0 Å². The molecular formula is C33H41N5O6. The molecule has 0 spiro atoms. The van der Waals surface area contributed by atoms with Gasteiger partial charge in [0.25, 0.3) is 11.8 Å². The molecule has 4 rings (SSSR count). The summed E-state index contributed by atoms with van der Waals surface area (Å²) in [6.45, 7) is 7.27. The number of benzene rings is 2. The minimum Gasteiger partial charge on any atom is -0.481 e. The number of amides is 3. The van der Waals surface area contributed by atoms with Crippen molar-refractivity contribution in [3.05, 3.63) is 76.6 Å². The van der Waals surface area contributed by atoms with Gasteiger partial charge >= 0.3 is 5.97 Å². The number of anilines is 1. The molecule has 0 saturated carbocycles. The highest BCUT2D eigenvalue weighted by molar-refractivity contribution is 6.03. The number of unbranched alkanes of at least 4 members (excludes halogenated alkanes) is 2. The number of aryl methyl sites for hydroxylation is 1. The molecule has 0 fully saturated rings. The summed E-state index contributed by atoms with van der Waals surface area (Å²) in [7, 11) is 0. The van der Waals surface area contributed by atoms with E-state index in [1.54, 1.807) is 34.7 Å². The molecule has 2 heterocycles. The predicted octanol–water partition coefficient (Wildman–Crippen LogP) is 4.20. The number of aliphatic carboxylic acids is 1. The molecule has 3 amide bonds. The van der Waals surface area contributed by atoms with Crippen LogP contribution in [0.5, 0.6) is 0 Å². The van der Waals surface area contributed by atoms with Crippen LogP contribution in [0.25, 0.3) is 5.69 Å². The molecule has 1 aliphatic heterocycles. The largest absolute Gasteiger partial charge is 0.481 e. The van der Waals surface area contributed by atoms with Crippen molar-refractivity contribution in [2.24, 2.45) is 0 Å². The standard InChI is InChI=1S/C33H41N5O6/c1-4-6-14-36(15-7-5-2)33(44)28-16-22(3)38(35-28)29-13-12-25(34-30(40)19-31(41)42)18-27(29)32(43)37-20-24-11-9-8-10-23(24)17-26(37)21-39/h8-13,16,18,26,39H,4-7,14-15,17,19-21H2,1-3H3,(H,34,40)(H,41,42). The van der Waals surface area contributed by atoms with Crippen LogP contribution in [0, 0.1) is 6.92 Å². The summed E-state index contributed by atoms with van der Waals surface area (Å²) < 4.78 is 1.55. The van der Waals surface area contributed by atoms with Gasteiger partial charge in [0.05, 0.1) is 23.9 Å². The topological polar surface area (TPSA) is 145 Å². The molecule has 1 aromatic heterocycles. The molecule has 234 valence electrons. The molecule has 0 bridgehead atoms. The zero-order valence-electron chi connectivity index (χ0n) is 25.6. The molecule has 1 atom stereocenters. The van der Waals surface area contributed by atoms with E-state index in [2.05, 4.69) is 24.3 Å². The van der Waals surface area contributed by atoms with Crippen molar-refractivity contribution in [1.82, 2.24) is 19.6 Å². The first-order chi connectivity index (χ1) is 21.2. The van der Waals surface area contributed by atoms with Gasteiger partial charge in [-0.15, -0.1) is 0 Å². The monoisotopic (exact) mass is 603 g/mol. The Morgan fingerprint density at radius 2 is 1.68 bits per heavy atom. The van der Waals surface area contributed by atoms with E-state index in [1.807, 2.05) is 29.2 Å². The first kappa shape index (κ1) is 32.4. The maximum atomic E-state index is 14.3. The number of carboxylic acid groups (broad SMARTS) is 1. The van der Waals surface area contributed by atoms with Crippen LogP contribution in [0.4, 0.5) is 5.69 Å². The van der Waals surface area contributed by atoms with Crippen molar-refractivity contribution in [2.75, 3.05) is 25.0 Å². The number of aromatic nitrogens is 2. The van der Waals surface area contributed by atoms with Gasteiger partial charge in [-0.05, 0) is 61.6 Å². The van der Waals surface area contributed by atoms with E-state index in [0.29, 0.717) is 30.9 Å². The number of nitrogens with zero attached hydrogens (tertiary/aromatic N) is 4. The van der Waals surface area contributed by atoms with Crippen molar-refractivity contribution in [3.63, 3.8) is 0 Å². The van der Waals surface area contributed by atoms with Gasteiger partial charge in [0.2, 0.25) is 5.91 Å². The van der Waals surface area contributed by atoms with E-state index in [-0.39, 0.29) is 36.0 Å². The quantitative estimate of drug-likeness (QED) is 0.248. The summed E-state index contributed by atoms with van der Waals surface area (Å²) >= 11 is 0. The second-order valence-electron chi connectivity index (χ2n) is 11.2. The van der Waals surface area contributed by atoms with Crippen LogP contribution in [0.1, 0.15) is 83.6 Å². The van der Waals surface area contributed by atoms with Gasteiger partial charge in [0.1, 0.15) is 6.42 Å². The maximum Gasteiger partial charge on any atom is 0.312 e. The minimum atomic E-state index is -1.27. The molecule has 0 radical (unpaired) electrons. The third-order valence-electron chi connectivity index (χ3n) is 7.83. The van der Waals surface area contributed by atoms with Crippen LogP contribution in [0.3, 0.4) is 0 Å². The highest BCUT2D eigenvalue weighted by Gasteiger charge is 2.32. The Morgan fingerprint density at radius 1 is 1.00 bits per heavy atom. The molecule has 11 nitrogen and oxygen atoms in total. The SMILES string of the molecule is CCCCN(CCCC)C(=O)c1cc(C)n(-c2ccc(NC(=O)CC(=O)O)cc2C(=O)N2Cc3ccccc3CC2CO)n1. The highest BCUT2D eigenvalue weighted by atomic mass is 16.4. The minimum absolute atomic E-state index is 0.174. The molecule has 0 aliphatic carbocycles. The van der Waals surface area contributed by atoms with Crippen LogP contribution < -0.4 is 5.32 Å². The second-order valence-corrected chi connectivity index (χ2v) is 11.2. The molecule has 0 saturated heterocycles. The number of fused-ring (bicyclic) bond motifs is 1. The molecule has 2 aromatic carbocycles. The Bertz CT molecular complexity index is 1510. The third-order valence-corrected chi connectivity index (χ3v) is 7.83. The third kappa shape index (κ3) is 7.52. The Labute approximate surface area is 257 Å². The molecule has 1 aliphatic rings. The van der Waals surface area contributed by atoms with E-state index in [1.165, 1.54) is 6.07 Å². The first-order valence-electron chi connectivity index (χ1n) is 15.2. The van der Waals surface area contributed by atoms with Crippen molar-refractivity contribution in [3.8, 4) is 5.69 Å². The Kier molecular flexibility index (Phi) is 10.9. The van der Waals surface area contributed by atoms with E-state index >= 15 is 0 Å². The van der Waals surface area contributed by atoms with E-state index in [0.717, 1.165) is 36.8 Å². The summed E-state index contributed by atoms with van der Waals surface area (Å²) in [4.78, 5) is 54.6. The van der Waals surface area contributed by atoms with Gasteiger partial charge in [0, 0.05) is 31.0 Å². The van der Waals surface area contributed by atoms with E-state index < -0.39 is 30.2 Å². The highest BCUT2D eigenvalue weighted by Crippen LogP contribution is 2.29. The first-order valence-corrected chi connectivity index (χ1v) is 15.2. The zero-order valence-corrected chi connectivity index (χ0v) is 25.6. The lowest BCUT2D eigenvalue weighted by Gasteiger charge is -2.36. The van der Waals surface area contributed by atoms with Crippen LogP contribution in [0.15, 0.2) is 48.5 Å². The number of carbonyl (C=O) groups excluding carboxylic acids is 3. The number of aliphatic hydroxyl groups is 1. The fourth-order valence-corrected chi connectivity index (χ4v) is 5.45. The lowest BCUT2D eigenvalue weighted by molar-refractivity contribution is -0.139. The van der Waals surface area contributed by atoms with E-state index in [9.17, 15) is 24.3 Å².